The van der Waals surface area contributed by atoms with E-state index in [9.17, 15) is 83.4 Å². The molecule has 36 heteroatoms. The highest BCUT2D eigenvalue weighted by Gasteiger charge is 2.36. The topological polar surface area (TPSA) is 635 Å². The van der Waals surface area contributed by atoms with E-state index >= 15 is 0 Å². The molecular formula is C67H93N19O17. The van der Waals surface area contributed by atoms with Gasteiger partial charge in [-0.05, 0) is 129 Å². The number of aliphatic carboxylic acids is 1. The standard InChI is InChI=1S/C67H93N19O17/c68-26-4-3-9-46(79-58(96)48(11-6-28-76-67(73)74)80-64(102)53(34-87)85-60(98)47(10-5-27-75-66(71)72)78-57(95)44(69)29-36-12-18-40(89)19-13-36)59(97)83-51(31-38-16-22-42(91)23-17-38)62(100)81-49(24-25-55(92)93)61(99)86-54(35-88)65(103)84-52(32-39-33-77-45-8-2-1-7-43(39)45)63(101)82-50(56(70)94)30-37-14-20-41(90)21-15-37/h1-2,7-8,12-23,33,44,46-54,77,87-91H,3-6,9-11,24-32,34-35,68-69H2,(H2,70,94)(H,78,95)(H,79,96)(H,80,102)(H,81,100)(H,82,101)(H,83,97)(H,84,103)(H,85,98)(H,86,99)(H,92,93)(H4,71,72,75)(H4,73,74,76)/t44-,46-,47-,48-,49-,50-,51-,52-,53-,54-/m0/s1. The Hall–Kier alpha value is -11.6. The summed E-state index contributed by atoms with van der Waals surface area (Å²) in [6.45, 7) is -2.02. The fourth-order valence-corrected chi connectivity index (χ4v) is 10.6. The van der Waals surface area contributed by atoms with Gasteiger partial charge in [-0.3, -0.25) is 63.6 Å². The van der Waals surface area contributed by atoms with Crippen LogP contribution in [0.3, 0.4) is 0 Å². The van der Waals surface area contributed by atoms with E-state index in [-0.39, 0.29) is 101 Å². The number of amides is 10. The number of primary amides is 1. The minimum atomic E-state index is -1.91. The zero-order chi connectivity index (χ0) is 75.7. The van der Waals surface area contributed by atoms with Crippen molar-refractivity contribution in [2.24, 2.45) is 28.7 Å². The average Bonchev–Trinajstić information content (AvgIpc) is 1.78. The molecule has 1 aromatic heterocycles. The second-order valence-electron chi connectivity index (χ2n) is 24.3. The lowest BCUT2D eigenvalue weighted by Gasteiger charge is -2.28. The summed E-state index contributed by atoms with van der Waals surface area (Å²) in [5.41, 5.74) is 31.2. The fraction of sp³-hybridized carbons (Fsp3) is 0.418. The number of phenols is 3. The van der Waals surface area contributed by atoms with Gasteiger partial charge in [0.25, 0.3) is 0 Å². The van der Waals surface area contributed by atoms with Gasteiger partial charge in [-0.2, -0.15) is 0 Å². The van der Waals surface area contributed by atoms with Crippen molar-refractivity contribution < 1.29 is 83.4 Å². The van der Waals surface area contributed by atoms with E-state index in [1.54, 1.807) is 42.6 Å². The summed E-state index contributed by atoms with van der Waals surface area (Å²) in [6.07, 6.45) is -0.516. The van der Waals surface area contributed by atoms with Gasteiger partial charge < -0.3 is 123 Å². The number of carboxylic acid groups (broad SMARTS) is 1. The van der Waals surface area contributed by atoms with Crippen LogP contribution in [0.25, 0.3) is 10.9 Å². The van der Waals surface area contributed by atoms with Gasteiger partial charge in [0.2, 0.25) is 59.1 Å². The maximum Gasteiger partial charge on any atom is 0.303 e. The number of H-pyrrole nitrogens is 1. The lowest BCUT2D eigenvalue weighted by atomic mass is 10.0. The van der Waals surface area contributed by atoms with E-state index in [1.165, 1.54) is 60.7 Å². The van der Waals surface area contributed by atoms with Crippen molar-refractivity contribution in [3.63, 3.8) is 0 Å². The van der Waals surface area contributed by atoms with Crippen molar-refractivity contribution in [1.29, 1.82) is 10.8 Å². The molecular weight excluding hydrogens is 1340 g/mol. The Bertz CT molecular complexity index is 3710. The smallest absolute Gasteiger partial charge is 0.303 e. The summed E-state index contributed by atoms with van der Waals surface area (Å²) in [6, 6.07) is 8.03. The first-order valence-electron chi connectivity index (χ1n) is 33.0. The molecule has 10 atom stereocenters. The number of para-hydroxylation sites is 1. The number of phenolic OH excluding ortho intramolecular Hbond substituents is 3. The number of hydrogen-bond acceptors (Lipinski definition) is 20. The van der Waals surface area contributed by atoms with Gasteiger partial charge >= 0.3 is 5.97 Å². The Morgan fingerprint density at radius 3 is 1.18 bits per heavy atom. The first-order chi connectivity index (χ1) is 49.1. The molecule has 5 aromatic rings. The molecule has 0 bridgehead atoms. The lowest BCUT2D eigenvalue weighted by Crippen LogP contribution is -2.61. The van der Waals surface area contributed by atoms with Crippen molar-refractivity contribution in [2.45, 2.75) is 144 Å². The number of guanidine groups is 2. The van der Waals surface area contributed by atoms with Crippen LogP contribution in [0.5, 0.6) is 17.2 Å². The number of hydrogen-bond donors (Lipinski definition) is 25. The Kier molecular flexibility index (Phi) is 33.3. The number of carboxylic acids is 1. The van der Waals surface area contributed by atoms with Crippen LogP contribution in [0.15, 0.2) is 103 Å². The maximum atomic E-state index is 14.7. The first-order valence-corrected chi connectivity index (χ1v) is 33.0. The number of aromatic amines is 1. The second-order valence-corrected chi connectivity index (χ2v) is 24.3. The molecule has 0 saturated heterocycles. The highest BCUT2D eigenvalue weighted by atomic mass is 16.4. The Labute approximate surface area is 591 Å². The number of aliphatic hydroxyl groups excluding tert-OH is 2. The zero-order valence-corrected chi connectivity index (χ0v) is 56.4. The quantitative estimate of drug-likeness (QED) is 0.00989. The van der Waals surface area contributed by atoms with E-state index in [4.69, 9.17) is 39.5 Å². The molecule has 0 radical (unpaired) electrons. The molecule has 0 saturated carbocycles. The summed E-state index contributed by atoms with van der Waals surface area (Å²) in [4.78, 5) is 156. The number of carbonyl (C=O) groups excluding carboxylic acids is 10. The van der Waals surface area contributed by atoms with Gasteiger partial charge in [-0.25, -0.2) is 0 Å². The van der Waals surface area contributed by atoms with Crippen LogP contribution in [0.2, 0.25) is 0 Å². The molecule has 0 spiro atoms. The van der Waals surface area contributed by atoms with Crippen molar-refractivity contribution >= 4 is 87.9 Å². The molecule has 30 N–H and O–H groups in total. The average molecular weight is 1440 g/mol. The van der Waals surface area contributed by atoms with Crippen molar-refractivity contribution in [2.75, 3.05) is 32.8 Å². The van der Waals surface area contributed by atoms with E-state index < -0.39 is 164 Å². The van der Waals surface area contributed by atoms with E-state index in [1.807, 2.05) is 0 Å². The minimum Gasteiger partial charge on any atom is -0.508 e. The summed E-state index contributed by atoms with van der Waals surface area (Å²) < 4.78 is 0. The summed E-state index contributed by atoms with van der Waals surface area (Å²) in [7, 11) is 0. The molecule has 0 aliphatic heterocycles. The van der Waals surface area contributed by atoms with Crippen LogP contribution in [0.1, 0.15) is 80.0 Å². The SMILES string of the molecule is N=C(N)NCCC[C@H](NC(=O)[C@H](CO)NC(=O)[C@H](CCCNC(=N)N)NC(=O)[C@@H](N)Cc1ccc(O)cc1)C(=O)N[C@@H](CCCCN)C(=O)N[C@@H](Cc1ccc(O)cc1)C(=O)N[C@@H](CCC(=O)O)C(=O)N[C@@H](CO)C(=O)N[C@@H](Cc1c[nH]c2ccccc12)C(=O)N[C@@H](Cc1ccc(O)cc1)C(N)=O. The van der Waals surface area contributed by atoms with Crippen LogP contribution in [-0.4, -0.2) is 206 Å². The predicted molar refractivity (Wildman–Crippen MR) is 374 cm³/mol. The molecule has 1 heterocycles. The largest absolute Gasteiger partial charge is 0.508 e. The third kappa shape index (κ3) is 28.1. The number of aliphatic hydroxyl groups is 2. The van der Waals surface area contributed by atoms with Crippen molar-refractivity contribution in [1.82, 2.24) is 63.5 Å². The molecule has 0 fully saturated rings. The number of aromatic nitrogens is 1. The van der Waals surface area contributed by atoms with Crippen LogP contribution in [0.4, 0.5) is 0 Å². The molecule has 103 heavy (non-hydrogen) atoms. The molecule has 0 aliphatic carbocycles. The maximum absolute atomic E-state index is 14.7. The normalized spacial score (nSPS) is 13.9. The molecule has 5 rings (SSSR count). The lowest BCUT2D eigenvalue weighted by molar-refractivity contribution is -0.139. The number of nitrogens with one attached hydrogen (secondary N) is 14. The summed E-state index contributed by atoms with van der Waals surface area (Å²) in [5.74, 6) is -12.9. The first kappa shape index (κ1) is 82.0. The van der Waals surface area contributed by atoms with Gasteiger partial charge in [-0.1, -0.05) is 54.6 Å². The molecule has 0 aliphatic rings. The van der Waals surface area contributed by atoms with Gasteiger partial charge in [-0.15, -0.1) is 0 Å². The molecule has 0 unspecified atom stereocenters. The molecule has 4 aromatic carbocycles. The minimum absolute atomic E-state index is 0.0153. The van der Waals surface area contributed by atoms with Gasteiger partial charge in [0.15, 0.2) is 11.9 Å². The highest BCUT2D eigenvalue weighted by molar-refractivity contribution is 5.99. The van der Waals surface area contributed by atoms with Crippen LogP contribution >= 0.6 is 0 Å². The fourth-order valence-electron chi connectivity index (χ4n) is 10.6. The van der Waals surface area contributed by atoms with Gasteiger partial charge in [0.1, 0.15) is 71.6 Å². The van der Waals surface area contributed by atoms with E-state index in [0.717, 1.165) is 0 Å². The van der Waals surface area contributed by atoms with Gasteiger partial charge in [0, 0.05) is 55.9 Å². The Morgan fingerprint density at radius 1 is 0.417 bits per heavy atom. The zero-order valence-electron chi connectivity index (χ0n) is 56.4. The predicted octanol–water partition coefficient (Wildman–Crippen LogP) is -4.76. The number of benzene rings is 4. The van der Waals surface area contributed by atoms with Crippen LogP contribution < -0.4 is 87.2 Å². The Morgan fingerprint density at radius 2 is 0.767 bits per heavy atom. The Balaban J connectivity index is 1.39. The number of rotatable bonds is 44. The van der Waals surface area contributed by atoms with Crippen LogP contribution in [0, 0.1) is 10.8 Å². The summed E-state index contributed by atoms with van der Waals surface area (Å²) >= 11 is 0. The molecule has 558 valence electrons. The molecule has 10 amide bonds. The van der Waals surface area contributed by atoms with Crippen LogP contribution in [-0.2, 0) is 78.4 Å². The number of fused-ring (bicyclic) bond motifs is 1. The summed E-state index contributed by atoms with van der Waals surface area (Å²) in [5, 5.41) is 104. The second kappa shape index (κ2) is 41.8. The molecule has 36 nitrogen and oxygen atoms in total. The van der Waals surface area contributed by atoms with E-state index in [0.29, 0.717) is 39.6 Å². The highest BCUT2D eigenvalue weighted by Crippen LogP contribution is 2.21. The van der Waals surface area contributed by atoms with Gasteiger partial charge in [0.05, 0.1) is 19.3 Å². The number of unbranched alkanes of at least 4 members (excludes halogenated alkanes) is 1. The number of nitrogens with two attached hydrogens (primary N) is 5. The number of carbonyl (C=O) groups is 11. The van der Waals surface area contributed by atoms with Crippen molar-refractivity contribution in [3.8, 4) is 17.2 Å². The third-order valence-electron chi connectivity index (χ3n) is 16.2. The number of aromatic hydroxyl groups is 3. The van der Waals surface area contributed by atoms with E-state index in [2.05, 4.69) is 63.5 Å². The van der Waals surface area contributed by atoms with Crippen molar-refractivity contribution in [3.05, 3.63) is 126 Å². The third-order valence-corrected chi connectivity index (χ3v) is 16.2. The monoisotopic (exact) mass is 1440 g/mol.